The van der Waals surface area contributed by atoms with Gasteiger partial charge in [-0.25, -0.2) is 4.79 Å². The van der Waals surface area contributed by atoms with Crippen LogP contribution in [0.4, 0.5) is 0 Å². The number of ether oxygens (including phenoxy) is 2. The van der Waals surface area contributed by atoms with Crippen molar-refractivity contribution < 1.29 is 23.9 Å². The summed E-state index contributed by atoms with van der Waals surface area (Å²) in [5, 5.41) is 0.521. The number of Topliss-reactive ketones (excluding diaryl/α,β-unsaturated/α-hetero) is 1. The minimum absolute atomic E-state index is 0.140. The van der Waals surface area contributed by atoms with Crippen molar-refractivity contribution in [3.63, 3.8) is 0 Å². The van der Waals surface area contributed by atoms with Gasteiger partial charge in [0.1, 0.15) is 5.69 Å². The zero-order valence-electron chi connectivity index (χ0n) is 18.0. The molecule has 0 atom stereocenters. The van der Waals surface area contributed by atoms with Crippen molar-refractivity contribution in [3.8, 4) is 0 Å². The molecule has 0 N–H and O–H groups in total. The molecule has 7 nitrogen and oxygen atoms in total. The average molecular weight is 435 g/mol. The second-order valence-electron chi connectivity index (χ2n) is 6.86. The van der Waals surface area contributed by atoms with Crippen LogP contribution in [0.2, 0.25) is 5.02 Å². The second-order valence-corrected chi connectivity index (χ2v) is 7.30. The van der Waals surface area contributed by atoms with Gasteiger partial charge in [-0.1, -0.05) is 11.6 Å². The van der Waals surface area contributed by atoms with Gasteiger partial charge in [-0.05, 0) is 50.6 Å². The molecule has 0 saturated heterocycles. The van der Waals surface area contributed by atoms with E-state index in [0.717, 1.165) is 0 Å². The van der Waals surface area contributed by atoms with Crippen LogP contribution in [0.25, 0.3) is 0 Å². The number of aromatic nitrogens is 1. The van der Waals surface area contributed by atoms with E-state index in [-0.39, 0.29) is 38.0 Å². The number of nitrogens with zero attached hydrogens (tertiary/aromatic N) is 2. The van der Waals surface area contributed by atoms with Gasteiger partial charge in [0.05, 0.1) is 19.8 Å². The van der Waals surface area contributed by atoms with Crippen LogP contribution in [0.15, 0.2) is 24.3 Å². The first-order valence-corrected chi connectivity index (χ1v) is 10.0. The van der Waals surface area contributed by atoms with Crippen LogP contribution >= 0.6 is 11.6 Å². The molecular weight excluding hydrogens is 408 g/mol. The fourth-order valence-corrected chi connectivity index (χ4v) is 3.48. The number of amides is 1. The molecule has 2 aromatic rings. The Hall–Kier alpha value is -2.64. The van der Waals surface area contributed by atoms with Crippen molar-refractivity contribution in [3.05, 3.63) is 57.4 Å². The third-order valence-corrected chi connectivity index (χ3v) is 5.21. The number of esters is 1. The molecule has 0 unspecified atom stereocenters. The normalized spacial score (nSPS) is 10.7. The average Bonchev–Trinajstić information content (AvgIpc) is 2.93. The molecule has 2 rings (SSSR count). The van der Waals surface area contributed by atoms with Crippen LogP contribution in [-0.2, 0) is 16.5 Å². The zero-order valence-corrected chi connectivity index (χ0v) is 18.7. The van der Waals surface area contributed by atoms with Gasteiger partial charge in [0.2, 0.25) is 0 Å². The number of ketones is 1. The van der Waals surface area contributed by atoms with Crippen LogP contribution in [0, 0.1) is 13.8 Å². The molecule has 0 radical (unpaired) electrons. The van der Waals surface area contributed by atoms with E-state index in [2.05, 4.69) is 0 Å². The highest BCUT2D eigenvalue weighted by atomic mass is 35.5. The third-order valence-electron chi connectivity index (χ3n) is 4.96. The van der Waals surface area contributed by atoms with Crippen molar-refractivity contribution in [2.24, 2.45) is 7.05 Å². The van der Waals surface area contributed by atoms with E-state index in [1.54, 1.807) is 56.7 Å². The lowest BCUT2D eigenvalue weighted by Gasteiger charge is -2.22. The van der Waals surface area contributed by atoms with Crippen LogP contribution in [-0.4, -0.2) is 60.5 Å². The topological polar surface area (TPSA) is 77.8 Å². The molecule has 30 heavy (non-hydrogen) atoms. The van der Waals surface area contributed by atoms with Gasteiger partial charge in [-0.2, -0.15) is 0 Å². The lowest BCUT2D eigenvalue weighted by molar-refractivity contribution is 0.0514. The standard InChI is InChI=1S/C22H27ClN2O5/c1-6-30-22(28)20-14(2)19(15(3)24(20)4)18(26)13-25(11-12-29-5)21(27)16-7-9-17(23)10-8-16/h7-10H,6,11-13H2,1-5H3. The molecule has 162 valence electrons. The zero-order chi connectivity index (χ0) is 22.4. The number of halogens is 1. The summed E-state index contributed by atoms with van der Waals surface area (Å²) in [5.41, 5.74) is 2.38. The van der Waals surface area contributed by atoms with Crippen molar-refractivity contribution in [2.45, 2.75) is 20.8 Å². The maximum Gasteiger partial charge on any atom is 0.355 e. The SMILES string of the molecule is CCOC(=O)c1c(C)c(C(=O)CN(CCOC)C(=O)c2ccc(Cl)cc2)c(C)n1C. The predicted octanol–water partition coefficient (Wildman–Crippen LogP) is 3.44. The molecule has 0 aliphatic heterocycles. The molecule has 0 fully saturated rings. The summed E-state index contributed by atoms with van der Waals surface area (Å²) in [4.78, 5) is 39.9. The molecule has 1 aromatic heterocycles. The van der Waals surface area contributed by atoms with E-state index < -0.39 is 5.97 Å². The predicted molar refractivity (Wildman–Crippen MR) is 114 cm³/mol. The smallest absolute Gasteiger partial charge is 0.355 e. The van der Waals surface area contributed by atoms with Gasteiger partial charge in [-0.3, -0.25) is 9.59 Å². The van der Waals surface area contributed by atoms with Gasteiger partial charge in [0.25, 0.3) is 5.91 Å². The molecule has 0 saturated carbocycles. The molecule has 0 aliphatic rings. The van der Waals surface area contributed by atoms with E-state index in [4.69, 9.17) is 21.1 Å². The molecule has 8 heteroatoms. The van der Waals surface area contributed by atoms with Crippen molar-refractivity contribution in [2.75, 3.05) is 33.4 Å². The molecular formula is C22H27ClN2O5. The summed E-state index contributed by atoms with van der Waals surface area (Å²) in [6, 6.07) is 6.49. The Kier molecular flexibility index (Phi) is 8.20. The molecule has 0 bridgehead atoms. The summed E-state index contributed by atoms with van der Waals surface area (Å²) in [7, 11) is 3.25. The molecule has 0 aliphatic carbocycles. The first-order chi connectivity index (χ1) is 14.2. The maximum absolute atomic E-state index is 13.2. The second kappa shape index (κ2) is 10.4. The van der Waals surface area contributed by atoms with Crippen molar-refractivity contribution in [1.29, 1.82) is 0 Å². The highest BCUT2D eigenvalue weighted by molar-refractivity contribution is 6.30. The Morgan fingerprint density at radius 1 is 1.13 bits per heavy atom. The lowest BCUT2D eigenvalue weighted by Crippen LogP contribution is -2.38. The molecule has 1 amide bonds. The number of rotatable bonds is 9. The van der Waals surface area contributed by atoms with Crippen molar-refractivity contribution >= 4 is 29.3 Å². The number of carbonyl (C=O) groups is 3. The van der Waals surface area contributed by atoms with Crippen LogP contribution < -0.4 is 0 Å². The number of hydrogen-bond acceptors (Lipinski definition) is 5. The van der Waals surface area contributed by atoms with Gasteiger partial charge >= 0.3 is 5.97 Å². The minimum atomic E-state index is -0.479. The summed E-state index contributed by atoms with van der Waals surface area (Å²) in [6.45, 7) is 5.85. The minimum Gasteiger partial charge on any atom is -0.461 e. The Morgan fingerprint density at radius 3 is 2.33 bits per heavy atom. The summed E-state index contributed by atoms with van der Waals surface area (Å²) >= 11 is 5.90. The summed E-state index contributed by atoms with van der Waals surface area (Å²) < 4.78 is 11.9. The summed E-state index contributed by atoms with van der Waals surface area (Å²) in [6.07, 6.45) is 0. The van der Waals surface area contributed by atoms with Crippen LogP contribution in [0.1, 0.15) is 49.4 Å². The molecule has 0 spiro atoms. The lowest BCUT2D eigenvalue weighted by atomic mass is 10.0. The number of carbonyl (C=O) groups excluding carboxylic acids is 3. The fourth-order valence-electron chi connectivity index (χ4n) is 3.36. The number of benzene rings is 1. The Bertz CT molecular complexity index is 934. The van der Waals surface area contributed by atoms with Gasteiger partial charge in [-0.15, -0.1) is 0 Å². The Balaban J connectivity index is 2.33. The number of hydrogen-bond donors (Lipinski definition) is 0. The van der Waals surface area contributed by atoms with E-state index in [1.807, 2.05) is 0 Å². The van der Waals surface area contributed by atoms with Crippen molar-refractivity contribution in [1.82, 2.24) is 9.47 Å². The van der Waals surface area contributed by atoms with Gasteiger partial charge in [0.15, 0.2) is 5.78 Å². The molecule has 1 heterocycles. The quantitative estimate of drug-likeness (QED) is 0.446. The van der Waals surface area contributed by atoms with Crippen LogP contribution in [0.5, 0.6) is 0 Å². The van der Waals surface area contributed by atoms with Crippen LogP contribution in [0.3, 0.4) is 0 Å². The first-order valence-electron chi connectivity index (χ1n) is 9.62. The van der Waals surface area contributed by atoms with E-state index in [1.165, 1.54) is 12.0 Å². The molecule has 1 aromatic carbocycles. The van der Waals surface area contributed by atoms with E-state index in [9.17, 15) is 14.4 Å². The first kappa shape index (κ1) is 23.6. The summed E-state index contributed by atoms with van der Waals surface area (Å²) in [5.74, 6) is -1.03. The van der Waals surface area contributed by atoms with Gasteiger partial charge < -0.3 is 18.9 Å². The van der Waals surface area contributed by atoms with Gasteiger partial charge in [0, 0.05) is 42.5 Å². The van der Waals surface area contributed by atoms with E-state index in [0.29, 0.717) is 33.1 Å². The van der Waals surface area contributed by atoms with E-state index >= 15 is 0 Å². The fraction of sp³-hybridized carbons (Fsp3) is 0.409. The Labute approximate surface area is 181 Å². The highest BCUT2D eigenvalue weighted by Gasteiger charge is 2.28. The third kappa shape index (κ3) is 5.09. The highest BCUT2D eigenvalue weighted by Crippen LogP contribution is 2.23. The largest absolute Gasteiger partial charge is 0.461 e. The number of methoxy groups -OCH3 is 1. The Morgan fingerprint density at radius 2 is 1.77 bits per heavy atom. The monoisotopic (exact) mass is 434 g/mol. The maximum atomic E-state index is 13.2.